The minimum Gasteiger partial charge on any atom is -0.484 e. The SMILES string of the molecule is CC[C@@H](C(=O)NCC(C)C)N(Cc1ccccc1)C(=O)COc1ccc(I)cc1. The van der Waals surface area contributed by atoms with E-state index in [1.54, 1.807) is 4.90 Å². The molecular weight excluding hydrogens is 479 g/mol. The Kier molecular flexibility index (Phi) is 9.44. The van der Waals surface area contributed by atoms with Gasteiger partial charge in [-0.05, 0) is 64.8 Å². The number of nitrogens with one attached hydrogen (secondary N) is 1. The summed E-state index contributed by atoms with van der Waals surface area (Å²) < 4.78 is 6.78. The number of ether oxygens (including phenoxy) is 1. The van der Waals surface area contributed by atoms with Crippen LogP contribution in [0.1, 0.15) is 32.8 Å². The van der Waals surface area contributed by atoms with Gasteiger partial charge in [-0.15, -0.1) is 0 Å². The van der Waals surface area contributed by atoms with Gasteiger partial charge in [0.05, 0.1) is 0 Å². The van der Waals surface area contributed by atoms with E-state index in [1.807, 2.05) is 75.4 Å². The first kappa shape index (κ1) is 23.2. The molecule has 0 heterocycles. The van der Waals surface area contributed by atoms with E-state index in [0.717, 1.165) is 9.13 Å². The lowest BCUT2D eigenvalue weighted by Gasteiger charge is -2.30. The molecule has 2 amide bonds. The number of halogens is 1. The van der Waals surface area contributed by atoms with Crippen LogP contribution in [0.4, 0.5) is 0 Å². The highest BCUT2D eigenvalue weighted by molar-refractivity contribution is 14.1. The molecule has 0 bridgehead atoms. The number of benzene rings is 2. The zero-order chi connectivity index (χ0) is 21.2. The average Bonchev–Trinajstić information content (AvgIpc) is 2.72. The third-order valence-corrected chi connectivity index (χ3v) is 5.16. The van der Waals surface area contributed by atoms with Crippen molar-refractivity contribution in [3.05, 3.63) is 63.7 Å². The maximum atomic E-state index is 13.1. The molecule has 29 heavy (non-hydrogen) atoms. The van der Waals surface area contributed by atoms with Gasteiger partial charge in [0.25, 0.3) is 5.91 Å². The summed E-state index contributed by atoms with van der Waals surface area (Å²) in [6.07, 6.45) is 0.534. The number of carbonyl (C=O) groups excluding carboxylic acids is 2. The van der Waals surface area contributed by atoms with E-state index in [0.29, 0.717) is 31.2 Å². The second-order valence-corrected chi connectivity index (χ2v) is 8.56. The molecule has 2 rings (SSSR count). The molecule has 0 aliphatic rings. The number of carbonyl (C=O) groups is 2. The van der Waals surface area contributed by atoms with Crippen LogP contribution in [-0.4, -0.2) is 35.9 Å². The summed E-state index contributed by atoms with van der Waals surface area (Å²) >= 11 is 2.22. The maximum absolute atomic E-state index is 13.1. The first-order valence-electron chi connectivity index (χ1n) is 9.90. The topological polar surface area (TPSA) is 58.6 Å². The van der Waals surface area contributed by atoms with Crippen molar-refractivity contribution >= 4 is 34.4 Å². The number of rotatable bonds is 10. The van der Waals surface area contributed by atoms with E-state index >= 15 is 0 Å². The second-order valence-electron chi connectivity index (χ2n) is 7.31. The number of hydrogen-bond donors (Lipinski definition) is 1. The van der Waals surface area contributed by atoms with Gasteiger partial charge in [0.2, 0.25) is 5.91 Å². The first-order chi connectivity index (χ1) is 13.9. The van der Waals surface area contributed by atoms with Crippen molar-refractivity contribution in [1.82, 2.24) is 10.2 Å². The van der Waals surface area contributed by atoms with Crippen LogP contribution < -0.4 is 10.1 Å². The molecule has 5 nitrogen and oxygen atoms in total. The van der Waals surface area contributed by atoms with E-state index in [-0.39, 0.29) is 18.4 Å². The zero-order valence-electron chi connectivity index (χ0n) is 17.2. The highest BCUT2D eigenvalue weighted by atomic mass is 127. The fourth-order valence-electron chi connectivity index (χ4n) is 2.88. The molecule has 0 saturated carbocycles. The van der Waals surface area contributed by atoms with Crippen molar-refractivity contribution in [2.75, 3.05) is 13.2 Å². The molecule has 1 N–H and O–H groups in total. The van der Waals surface area contributed by atoms with Gasteiger partial charge in [0.15, 0.2) is 6.61 Å². The number of amides is 2. The van der Waals surface area contributed by atoms with E-state index < -0.39 is 6.04 Å². The summed E-state index contributed by atoms with van der Waals surface area (Å²) in [5.41, 5.74) is 0.977. The summed E-state index contributed by atoms with van der Waals surface area (Å²) in [6, 6.07) is 16.7. The molecule has 2 aromatic carbocycles. The minimum absolute atomic E-state index is 0.110. The Morgan fingerprint density at radius 1 is 1.07 bits per heavy atom. The van der Waals surface area contributed by atoms with Crippen molar-refractivity contribution in [3.8, 4) is 5.75 Å². The maximum Gasteiger partial charge on any atom is 0.261 e. The van der Waals surface area contributed by atoms with Gasteiger partial charge in [-0.2, -0.15) is 0 Å². The molecule has 1 atom stereocenters. The lowest BCUT2D eigenvalue weighted by atomic mass is 10.1. The van der Waals surface area contributed by atoms with Crippen LogP contribution in [0.5, 0.6) is 5.75 Å². The van der Waals surface area contributed by atoms with Crippen LogP contribution in [-0.2, 0) is 16.1 Å². The Morgan fingerprint density at radius 2 is 1.72 bits per heavy atom. The van der Waals surface area contributed by atoms with E-state index in [4.69, 9.17) is 4.74 Å². The van der Waals surface area contributed by atoms with Gasteiger partial charge >= 0.3 is 0 Å². The summed E-state index contributed by atoms with van der Waals surface area (Å²) in [4.78, 5) is 27.5. The molecule has 0 aromatic heterocycles. The predicted molar refractivity (Wildman–Crippen MR) is 124 cm³/mol. The summed E-state index contributed by atoms with van der Waals surface area (Å²) in [7, 11) is 0. The first-order valence-corrected chi connectivity index (χ1v) is 11.0. The summed E-state index contributed by atoms with van der Waals surface area (Å²) in [6.45, 7) is 6.85. The van der Waals surface area contributed by atoms with Gasteiger partial charge < -0.3 is 15.0 Å². The van der Waals surface area contributed by atoms with Crippen molar-refractivity contribution in [2.24, 2.45) is 5.92 Å². The molecular formula is C23H29IN2O3. The van der Waals surface area contributed by atoms with Gasteiger partial charge in [0, 0.05) is 16.7 Å². The van der Waals surface area contributed by atoms with Crippen molar-refractivity contribution in [3.63, 3.8) is 0 Å². The minimum atomic E-state index is -0.540. The van der Waals surface area contributed by atoms with Crippen molar-refractivity contribution in [1.29, 1.82) is 0 Å². The lowest BCUT2D eigenvalue weighted by molar-refractivity contribution is -0.143. The standard InChI is InChI=1S/C23H29IN2O3/c1-4-21(23(28)25-14-17(2)3)26(15-18-8-6-5-7-9-18)22(27)16-29-20-12-10-19(24)11-13-20/h5-13,17,21H,4,14-16H2,1-3H3,(H,25,28)/t21-/m0/s1. The van der Waals surface area contributed by atoms with Crippen LogP contribution in [0.15, 0.2) is 54.6 Å². The zero-order valence-corrected chi connectivity index (χ0v) is 19.4. The van der Waals surface area contributed by atoms with Gasteiger partial charge in [0.1, 0.15) is 11.8 Å². The third-order valence-electron chi connectivity index (χ3n) is 4.44. The van der Waals surface area contributed by atoms with Crippen molar-refractivity contribution in [2.45, 2.75) is 39.8 Å². The summed E-state index contributed by atoms with van der Waals surface area (Å²) in [5.74, 6) is 0.647. The van der Waals surface area contributed by atoms with E-state index in [1.165, 1.54) is 0 Å². The molecule has 0 aliphatic carbocycles. The molecule has 0 spiro atoms. The van der Waals surface area contributed by atoms with Gasteiger partial charge in [-0.25, -0.2) is 0 Å². The normalized spacial score (nSPS) is 11.8. The molecule has 6 heteroatoms. The van der Waals surface area contributed by atoms with Crippen molar-refractivity contribution < 1.29 is 14.3 Å². The van der Waals surface area contributed by atoms with Crippen LogP contribution >= 0.6 is 22.6 Å². The Balaban J connectivity index is 2.14. The number of nitrogens with zero attached hydrogens (tertiary/aromatic N) is 1. The smallest absolute Gasteiger partial charge is 0.261 e. The fraction of sp³-hybridized carbons (Fsp3) is 0.391. The fourth-order valence-corrected chi connectivity index (χ4v) is 3.24. The largest absolute Gasteiger partial charge is 0.484 e. The molecule has 156 valence electrons. The quantitative estimate of drug-likeness (QED) is 0.489. The van der Waals surface area contributed by atoms with Crippen LogP contribution in [0, 0.1) is 9.49 Å². The molecule has 0 unspecified atom stereocenters. The summed E-state index contributed by atoms with van der Waals surface area (Å²) in [5, 5.41) is 2.96. The number of hydrogen-bond acceptors (Lipinski definition) is 3. The Bertz CT molecular complexity index is 778. The van der Waals surface area contributed by atoms with E-state index in [2.05, 4.69) is 27.9 Å². The molecule has 2 aromatic rings. The third kappa shape index (κ3) is 7.68. The van der Waals surface area contributed by atoms with E-state index in [9.17, 15) is 9.59 Å². The monoisotopic (exact) mass is 508 g/mol. The van der Waals surface area contributed by atoms with Gasteiger partial charge in [-0.1, -0.05) is 51.1 Å². The van der Waals surface area contributed by atoms with Gasteiger partial charge in [-0.3, -0.25) is 9.59 Å². The second kappa shape index (κ2) is 11.8. The molecule has 0 fully saturated rings. The van der Waals surface area contributed by atoms with Crippen LogP contribution in [0.2, 0.25) is 0 Å². The molecule has 0 radical (unpaired) electrons. The Hall–Kier alpha value is -2.09. The molecule has 0 saturated heterocycles. The highest BCUT2D eigenvalue weighted by Crippen LogP contribution is 2.16. The average molecular weight is 508 g/mol. The van der Waals surface area contributed by atoms with Crippen LogP contribution in [0.3, 0.4) is 0 Å². The molecule has 0 aliphatic heterocycles. The highest BCUT2D eigenvalue weighted by Gasteiger charge is 2.28. The Morgan fingerprint density at radius 3 is 2.31 bits per heavy atom. The predicted octanol–water partition coefficient (Wildman–Crippen LogP) is 4.25. The Labute approximate surface area is 187 Å². The lowest BCUT2D eigenvalue weighted by Crippen LogP contribution is -2.50. The van der Waals surface area contributed by atoms with Crippen LogP contribution in [0.25, 0.3) is 0 Å².